The van der Waals surface area contributed by atoms with Gasteiger partial charge in [0.15, 0.2) is 6.10 Å². The highest BCUT2D eigenvalue weighted by molar-refractivity contribution is 5.71. The molecular formula is C64H112O6. The van der Waals surface area contributed by atoms with Crippen LogP contribution in [0.1, 0.15) is 297 Å². The van der Waals surface area contributed by atoms with Gasteiger partial charge >= 0.3 is 17.9 Å². The Bertz CT molecular complexity index is 1310. The summed E-state index contributed by atoms with van der Waals surface area (Å²) in [6, 6.07) is 0. The second kappa shape index (κ2) is 58.4. The van der Waals surface area contributed by atoms with Crippen LogP contribution < -0.4 is 0 Å². The molecule has 0 aliphatic carbocycles. The SMILES string of the molecule is CC/C=C\C/C=C\C/C=C\C/C=C\C/C=C\CCCC(=O)OC(COC(=O)CCCCCCCCCCCCCC)COC(=O)CCCCCCCCCCCCC/C=C\CCCCCCCCCC. The summed E-state index contributed by atoms with van der Waals surface area (Å²) in [4.78, 5) is 38.1. The summed E-state index contributed by atoms with van der Waals surface area (Å²) in [5.74, 6) is -0.945. The van der Waals surface area contributed by atoms with Gasteiger partial charge in [0.1, 0.15) is 13.2 Å². The Labute approximate surface area is 433 Å². The Morgan fingerprint density at radius 3 is 0.929 bits per heavy atom. The highest BCUT2D eigenvalue weighted by Crippen LogP contribution is 2.16. The predicted molar refractivity (Wildman–Crippen MR) is 302 cm³/mol. The molecule has 0 spiro atoms. The van der Waals surface area contributed by atoms with Crippen LogP contribution in [0.5, 0.6) is 0 Å². The molecular weight excluding hydrogens is 865 g/mol. The van der Waals surface area contributed by atoms with Crippen molar-refractivity contribution in [3.05, 3.63) is 72.9 Å². The number of hydrogen-bond acceptors (Lipinski definition) is 6. The number of ether oxygens (including phenoxy) is 3. The molecule has 0 radical (unpaired) electrons. The lowest BCUT2D eigenvalue weighted by molar-refractivity contribution is -0.167. The second-order valence-electron chi connectivity index (χ2n) is 19.9. The number of esters is 3. The van der Waals surface area contributed by atoms with E-state index >= 15 is 0 Å². The van der Waals surface area contributed by atoms with Crippen molar-refractivity contribution in [2.24, 2.45) is 0 Å². The van der Waals surface area contributed by atoms with Crippen molar-refractivity contribution in [1.29, 1.82) is 0 Å². The number of hydrogen-bond donors (Lipinski definition) is 0. The molecule has 0 aliphatic rings. The monoisotopic (exact) mass is 977 g/mol. The van der Waals surface area contributed by atoms with E-state index in [1.54, 1.807) is 0 Å². The Hall–Kier alpha value is -3.15. The summed E-state index contributed by atoms with van der Waals surface area (Å²) in [6.07, 6.45) is 74.8. The number of rotatable bonds is 54. The van der Waals surface area contributed by atoms with E-state index in [2.05, 4.69) is 93.7 Å². The Kier molecular flexibility index (Phi) is 55.8. The van der Waals surface area contributed by atoms with Crippen molar-refractivity contribution in [3.8, 4) is 0 Å². The van der Waals surface area contributed by atoms with Crippen molar-refractivity contribution >= 4 is 17.9 Å². The second-order valence-corrected chi connectivity index (χ2v) is 19.9. The molecule has 0 rings (SSSR count). The maximum atomic E-state index is 12.8. The van der Waals surface area contributed by atoms with Crippen LogP contribution in [0.4, 0.5) is 0 Å². The molecule has 0 amide bonds. The number of allylic oxidation sites excluding steroid dienone is 12. The van der Waals surface area contributed by atoms with E-state index in [4.69, 9.17) is 14.2 Å². The third kappa shape index (κ3) is 55.8. The van der Waals surface area contributed by atoms with Gasteiger partial charge in [0.05, 0.1) is 0 Å². The van der Waals surface area contributed by atoms with Crippen LogP contribution in [0.25, 0.3) is 0 Å². The van der Waals surface area contributed by atoms with E-state index < -0.39 is 6.10 Å². The number of carbonyl (C=O) groups excluding carboxylic acids is 3. The zero-order valence-electron chi connectivity index (χ0n) is 46.3. The van der Waals surface area contributed by atoms with E-state index in [0.717, 1.165) is 77.0 Å². The van der Waals surface area contributed by atoms with Crippen molar-refractivity contribution in [2.45, 2.75) is 303 Å². The molecule has 0 aliphatic heterocycles. The van der Waals surface area contributed by atoms with Gasteiger partial charge in [0, 0.05) is 19.3 Å². The van der Waals surface area contributed by atoms with Crippen LogP contribution in [0.2, 0.25) is 0 Å². The molecule has 1 unspecified atom stereocenters. The number of unbranched alkanes of at least 4 members (excludes halogenated alkanes) is 31. The summed E-state index contributed by atoms with van der Waals surface area (Å²) in [5.41, 5.74) is 0. The van der Waals surface area contributed by atoms with Crippen LogP contribution in [0, 0.1) is 0 Å². The van der Waals surface area contributed by atoms with Gasteiger partial charge in [-0.25, -0.2) is 0 Å². The largest absolute Gasteiger partial charge is 0.462 e. The Balaban J connectivity index is 4.35. The lowest BCUT2D eigenvalue weighted by Crippen LogP contribution is -2.30. The number of carbonyl (C=O) groups is 3. The molecule has 6 heteroatoms. The molecule has 70 heavy (non-hydrogen) atoms. The Morgan fingerprint density at radius 2 is 0.571 bits per heavy atom. The minimum atomic E-state index is -0.803. The molecule has 0 heterocycles. The highest BCUT2D eigenvalue weighted by Gasteiger charge is 2.19. The van der Waals surface area contributed by atoms with E-state index in [0.29, 0.717) is 19.3 Å². The molecule has 1 atom stereocenters. The smallest absolute Gasteiger partial charge is 0.306 e. The summed E-state index contributed by atoms with van der Waals surface area (Å²) in [6.45, 7) is 6.50. The van der Waals surface area contributed by atoms with Crippen molar-refractivity contribution in [3.63, 3.8) is 0 Å². The molecule has 0 saturated carbocycles. The van der Waals surface area contributed by atoms with Crippen molar-refractivity contribution in [2.75, 3.05) is 13.2 Å². The third-order valence-corrected chi connectivity index (χ3v) is 12.9. The first-order chi connectivity index (χ1) is 34.5. The van der Waals surface area contributed by atoms with Gasteiger partial charge in [0.25, 0.3) is 0 Å². The van der Waals surface area contributed by atoms with Gasteiger partial charge in [0.2, 0.25) is 0 Å². The average molecular weight is 978 g/mol. The van der Waals surface area contributed by atoms with Gasteiger partial charge in [-0.1, -0.05) is 267 Å². The lowest BCUT2D eigenvalue weighted by atomic mass is 10.0. The molecule has 0 saturated heterocycles. The first kappa shape index (κ1) is 66.9. The fourth-order valence-electron chi connectivity index (χ4n) is 8.47. The molecule has 0 aromatic rings. The molecule has 6 nitrogen and oxygen atoms in total. The van der Waals surface area contributed by atoms with Crippen LogP contribution in [0.3, 0.4) is 0 Å². The first-order valence-electron chi connectivity index (χ1n) is 29.9. The van der Waals surface area contributed by atoms with Gasteiger partial charge in [-0.2, -0.15) is 0 Å². The summed E-state index contributed by atoms with van der Waals surface area (Å²) in [7, 11) is 0. The normalized spacial score (nSPS) is 12.6. The van der Waals surface area contributed by atoms with Crippen LogP contribution in [0.15, 0.2) is 72.9 Å². The minimum absolute atomic E-state index is 0.0956. The van der Waals surface area contributed by atoms with E-state index in [1.807, 2.05) is 0 Å². The fourth-order valence-corrected chi connectivity index (χ4v) is 8.47. The molecule has 0 fully saturated rings. The summed E-state index contributed by atoms with van der Waals surface area (Å²) < 4.78 is 16.8. The van der Waals surface area contributed by atoms with Gasteiger partial charge in [-0.3, -0.25) is 14.4 Å². The van der Waals surface area contributed by atoms with Gasteiger partial charge in [-0.15, -0.1) is 0 Å². The average Bonchev–Trinajstić information content (AvgIpc) is 3.36. The highest BCUT2D eigenvalue weighted by atomic mass is 16.6. The standard InChI is InChI=1S/C64H112O6/c1-4-7-10-13-16-19-22-25-27-29-30-31-32-33-34-36-37-39-42-45-48-51-54-57-63(66)69-60-61(59-68-62(65)56-53-50-47-44-41-24-21-18-15-12-9-6-3)70-64(67)58-55-52-49-46-43-40-38-35-28-26-23-20-17-14-11-8-5-2/h8,11,17,20,26,28-30,38,40,46,49,61H,4-7,9-10,12-16,18-19,21-25,27,31-37,39,41-45,47-48,50-60H2,1-3H3/b11-8-,20-17-,28-26-,30-29-,40-38-,49-46-. The van der Waals surface area contributed by atoms with Crippen LogP contribution in [-0.2, 0) is 28.6 Å². The molecule has 0 aromatic heterocycles. The van der Waals surface area contributed by atoms with E-state index in [1.165, 1.54) is 173 Å². The fraction of sp³-hybridized carbons (Fsp3) is 0.766. The van der Waals surface area contributed by atoms with E-state index in [-0.39, 0.29) is 37.5 Å². The lowest BCUT2D eigenvalue weighted by Gasteiger charge is -2.18. The van der Waals surface area contributed by atoms with Crippen LogP contribution in [-0.4, -0.2) is 37.2 Å². The zero-order valence-corrected chi connectivity index (χ0v) is 46.3. The van der Waals surface area contributed by atoms with Crippen molar-refractivity contribution in [1.82, 2.24) is 0 Å². The first-order valence-corrected chi connectivity index (χ1v) is 29.9. The summed E-state index contributed by atoms with van der Waals surface area (Å²) >= 11 is 0. The van der Waals surface area contributed by atoms with E-state index in [9.17, 15) is 14.4 Å². The zero-order chi connectivity index (χ0) is 50.7. The molecule has 0 bridgehead atoms. The molecule has 404 valence electrons. The van der Waals surface area contributed by atoms with Crippen molar-refractivity contribution < 1.29 is 28.6 Å². The predicted octanol–water partition coefficient (Wildman–Crippen LogP) is 20.2. The topological polar surface area (TPSA) is 78.9 Å². The summed E-state index contributed by atoms with van der Waals surface area (Å²) in [5, 5.41) is 0. The third-order valence-electron chi connectivity index (χ3n) is 12.9. The minimum Gasteiger partial charge on any atom is -0.462 e. The quantitative estimate of drug-likeness (QED) is 0.0261. The molecule has 0 N–H and O–H groups in total. The maximum absolute atomic E-state index is 12.8. The van der Waals surface area contributed by atoms with Gasteiger partial charge in [-0.05, 0) is 83.5 Å². The van der Waals surface area contributed by atoms with Gasteiger partial charge < -0.3 is 14.2 Å². The maximum Gasteiger partial charge on any atom is 0.306 e. The molecule has 0 aromatic carbocycles. The Morgan fingerprint density at radius 1 is 0.300 bits per heavy atom. The van der Waals surface area contributed by atoms with Crippen LogP contribution >= 0.6 is 0 Å².